The predicted molar refractivity (Wildman–Crippen MR) is 88.4 cm³/mol. The van der Waals surface area contributed by atoms with Gasteiger partial charge in [0.05, 0.1) is 5.56 Å². The third kappa shape index (κ3) is 3.83. The fraction of sp³-hybridized carbons (Fsp3) is 0.412. The largest absolute Gasteiger partial charge is 0.356 e. The van der Waals surface area contributed by atoms with Crippen LogP contribution in [-0.4, -0.2) is 40.0 Å². The molecule has 1 N–H and O–H groups in total. The van der Waals surface area contributed by atoms with Gasteiger partial charge >= 0.3 is 0 Å². The van der Waals surface area contributed by atoms with Gasteiger partial charge in [0, 0.05) is 43.3 Å². The van der Waals surface area contributed by atoms with E-state index in [1.54, 1.807) is 24.5 Å². The Morgan fingerprint density at radius 3 is 2.70 bits per heavy atom. The van der Waals surface area contributed by atoms with Crippen LogP contribution in [0.5, 0.6) is 0 Å². The molecule has 1 amide bonds. The van der Waals surface area contributed by atoms with Gasteiger partial charge in [-0.1, -0.05) is 0 Å². The molecule has 0 aromatic carbocycles. The zero-order chi connectivity index (χ0) is 16.2. The molecule has 0 saturated carbocycles. The van der Waals surface area contributed by atoms with Crippen LogP contribution >= 0.6 is 0 Å². The topological polar surface area (TPSA) is 71.0 Å². The number of aromatic nitrogens is 3. The summed E-state index contributed by atoms with van der Waals surface area (Å²) in [6.45, 7) is 5.66. The minimum atomic E-state index is -0.0507. The van der Waals surface area contributed by atoms with E-state index in [9.17, 15) is 4.79 Å². The lowest BCUT2D eigenvalue weighted by Gasteiger charge is -2.33. The Labute approximate surface area is 136 Å². The van der Waals surface area contributed by atoms with Crippen LogP contribution < -0.4 is 10.2 Å². The number of amides is 1. The van der Waals surface area contributed by atoms with Gasteiger partial charge in [0.1, 0.15) is 11.6 Å². The number of hydrogen-bond donors (Lipinski definition) is 1. The number of piperidine rings is 1. The van der Waals surface area contributed by atoms with Crippen molar-refractivity contribution in [3.05, 3.63) is 47.7 Å². The van der Waals surface area contributed by atoms with Crippen molar-refractivity contribution >= 4 is 11.7 Å². The molecule has 1 aliphatic rings. The minimum absolute atomic E-state index is 0.0507. The average molecular weight is 311 g/mol. The maximum absolute atomic E-state index is 12.2. The first kappa shape index (κ1) is 15.4. The number of pyridine rings is 1. The third-order valence-electron chi connectivity index (χ3n) is 4.03. The van der Waals surface area contributed by atoms with Crippen molar-refractivity contribution in [3.63, 3.8) is 0 Å². The lowest BCUT2D eigenvalue weighted by atomic mass is 10.0. The fourth-order valence-electron chi connectivity index (χ4n) is 2.88. The molecule has 6 nitrogen and oxygen atoms in total. The van der Waals surface area contributed by atoms with E-state index in [-0.39, 0.29) is 11.9 Å². The lowest BCUT2D eigenvalue weighted by molar-refractivity contribution is 0.0930. The highest BCUT2D eigenvalue weighted by molar-refractivity contribution is 5.94. The average Bonchev–Trinajstić information content (AvgIpc) is 2.55. The van der Waals surface area contributed by atoms with E-state index in [1.807, 2.05) is 19.9 Å². The summed E-state index contributed by atoms with van der Waals surface area (Å²) in [4.78, 5) is 27.2. The van der Waals surface area contributed by atoms with Crippen LogP contribution in [0.25, 0.3) is 0 Å². The molecule has 1 aliphatic heterocycles. The molecule has 0 radical (unpaired) electrons. The van der Waals surface area contributed by atoms with Crippen molar-refractivity contribution in [3.8, 4) is 0 Å². The van der Waals surface area contributed by atoms with Crippen molar-refractivity contribution in [2.75, 3.05) is 18.0 Å². The summed E-state index contributed by atoms with van der Waals surface area (Å²) < 4.78 is 0. The summed E-state index contributed by atoms with van der Waals surface area (Å²) in [5.41, 5.74) is 1.59. The van der Waals surface area contributed by atoms with E-state index in [0.29, 0.717) is 5.56 Å². The van der Waals surface area contributed by atoms with Crippen molar-refractivity contribution in [1.82, 2.24) is 20.3 Å². The monoisotopic (exact) mass is 311 g/mol. The van der Waals surface area contributed by atoms with Crippen molar-refractivity contribution in [2.24, 2.45) is 0 Å². The lowest BCUT2D eigenvalue weighted by Crippen LogP contribution is -2.45. The molecular weight excluding hydrogens is 290 g/mol. The summed E-state index contributed by atoms with van der Waals surface area (Å²) >= 11 is 0. The molecule has 1 fully saturated rings. The van der Waals surface area contributed by atoms with Gasteiger partial charge in [-0.2, -0.15) is 0 Å². The van der Waals surface area contributed by atoms with Gasteiger partial charge < -0.3 is 10.2 Å². The molecule has 3 rings (SSSR count). The summed E-state index contributed by atoms with van der Waals surface area (Å²) in [5.74, 6) is 1.73. The molecule has 6 heteroatoms. The van der Waals surface area contributed by atoms with E-state index in [2.05, 4.69) is 25.2 Å². The second-order valence-electron chi connectivity index (χ2n) is 5.89. The van der Waals surface area contributed by atoms with Crippen LogP contribution in [0.2, 0.25) is 0 Å². The van der Waals surface area contributed by atoms with Crippen LogP contribution in [0.1, 0.15) is 34.7 Å². The number of carbonyl (C=O) groups excluding carboxylic acids is 1. The van der Waals surface area contributed by atoms with E-state index in [4.69, 9.17) is 0 Å². The van der Waals surface area contributed by atoms with E-state index in [1.165, 1.54) is 0 Å². The van der Waals surface area contributed by atoms with Crippen LogP contribution in [-0.2, 0) is 0 Å². The Bertz CT molecular complexity index is 660. The summed E-state index contributed by atoms with van der Waals surface area (Å²) in [7, 11) is 0. The van der Waals surface area contributed by atoms with Gasteiger partial charge in [0.15, 0.2) is 0 Å². The van der Waals surface area contributed by atoms with Gasteiger partial charge in [-0.25, -0.2) is 9.97 Å². The zero-order valence-electron chi connectivity index (χ0n) is 13.5. The van der Waals surface area contributed by atoms with Crippen molar-refractivity contribution in [1.29, 1.82) is 0 Å². The molecule has 0 aliphatic carbocycles. The number of hydrogen-bond acceptors (Lipinski definition) is 5. The molecular formula is C17H21N5O. The van der Waals surface area contributed by atoms with Crippen LogP contribution in [0.3, 0.4) is 0 Å². The van der Waals surface area contributed by atoms with E-state index in [0.717, 1.165) is 43.3 Å². The fourth-order valence-corrected chi connectivity index (χ4v) is 2.88. The van der Waals surface area contributed by atoms with Gasteiger partial charge in [-0.05, 0) is 38.8 Å². The molecule has 0 atom stereocenters. The Balaban J connectivity index is 1.57. The first-order chi connectivity index (χ1) is 11.1. The van der Waals surface area contributed by atoms with Gasteiger partial charge in [-0.3, -0.25) is 9.78 Å². The molecule has 2 aromatic rings. The van der Waals surface area contributed by atoms with E-state index < -0.39 is 0 Å². The second kappa shape index (κ2) is 6.73. The quantitative estimate of drug-likeness (QED) is 0.937. The normalized spacial score (nSPS) is 15.5. The van der Waals surface area contributed by atoms with Crippen LogP contribution in [0.4, 0.5) is 5.82 Å². The van der Waals surface area contributed by atoms with Crippen LogP contribution in [0.15, 0.2) is 30.6 Å². The first-order valence-corrected chi connectivity index (χ1v) is 7.90. The second-order valence-corrected chi connectivity index (χ2v) is 5.89. The van der Waals surface area contributed by atoms with Gasteiger partial charge in [0.25, 0.3) is 5.91 Å². The Morgan fingerprint density at radius 1 is 1.26 bits per heavy atom. The highest BCUT2D eigenvalue weighted by Gasteiger charge is 2.22. The Morgan fingerprint density at radius 2 is 2.04 bits per heavy atom. The molecule has 23 heavy (non-hydrogen) atoms. The smallest absolute Gasteiger partial charge is 0.253 e. The van der Waals surface area contributed by atoms with Crippen molar-refractivity contribution in [2.45, 2.75) is 32.7 Å². The van der Waals surface area contributed by atoms with E-state index >= 15 is 0 Å². The highest BCUT2D eigenvalue weighted by Crippen LogP contribution is 2.19. The number of rotatable bonds is 3. The predicted octanol–water partition coefficient (Wildman–Crippen LogP) is 1.89. The summed E-state index contributed by atoms with van der Waals surface area (Å²) in [6.07, 6.45) is 5.08. The number of aryl methyl sites for hydroxylation is 2. The minimum Gasteiger partial charge on any atom is -0.356 e. The highest BCUT2D eigenvalue weighted by atomic mass is 16.1. The maximum Gasteiger partial charge on any atom is 0.253 e. The summed E-state index contributed by atoms with van der Waals surface area (Å²) in [6, 6.07) is 5.77. The molecule has 3 heterocycles. The third-order valence-corrected chi connectivity index (χ3v) is 4.03. The molecule has 1 saturated heterocycles. The Kier molecular flexibility index (Phi) is 4.50. The van der Waals surface area contributed by atoms with Crippen molar-refractivity contribution < 1.29 is 4.79 Å². The van der Waals surface area contributed by atoms with Gasteiger partial charge in [0.2, 0.25) is 0 Å². The molecule has 2 aromatic heterocycles. The molecule has 120 valence electrons. The molecule has 0 spiro atoms. The number of nitrogens with zero attached hydrogens (tertiary/aromatic N) is 4. The summed E-state index contributed by atoms with van der Waals surface area (Å²) in [5, 5.41) is 3.09. The first-order valence-electron chi connectivity index (χ1n) is 7.90. The maximum atomic E-state index is 12.2. The standard InChI is InChI=1S/C17H21N5O/c1-12-10-16(20-13(2)19-12)22-8-5-15(6-9-22)21-17(23)14-4-3-7-18-11-14/h3-4,7,10-11,15H,5-6,8-9H2,1-2H3,(H,21,23). The molecule has 0 unspecified atom stereocenters. The number of anilines is 1. The van der Waals surface area contributed by atoms with Gasteiger partial charge in [-0.15, -0.1) is 0 Å². The molecule has 0 bridgehead atoms. The van der Waals surface area contributed by atoms with Crippen LogP contribution in [0, 0.1) is 13.8 Å². The zero-order valence-corrected chi connectivity index (χ0v) is 13.5. The SMILES string of the molecule is Cc1cc(N2CCC(NC(=O)c3cccnc3)CC2)nc(C)n1. The Hall–Kier alpha value is -2.50. The number of carbonyl (C=O) groups is 1. The number of nitrogens with one attached hydrogen (secondary N) is 1.